The highest BCUT2D eigenvalue weighted by molar-refractivity contribution is 6.01. The summed E-state index contributed by atoms with van der Waals surface area (Å²) in [5.41, 5.74) is 2.59. The summed E-state index contributed by atoms with van der Waals surface area (Å²) in [5.74, 6) is 1.63. The SMILES string of the molecule is Cc1ccc(-c2nc3n(n2)[C@H](CC(=O)Nc2ccc(Oc4ccccc4)cc2)C(=O)N3)cc1. The summed E-state index contributed by atoms with van der Waals surface area (Å²) in [5, 5.41) is 9.98. The highest BCUT2D eigenvalue weighted by Crippen LogP contribution is 2.29. The van der Waals surface area contributed by atoms with Crippen LogP contribution in [0.15, 0.2) is 78.9 Å². The average molecular weight is 439 g/mol. The van der Waals surface area contributed by atoms with Gasteiger partial charge in [-0.15, -0.1) is 5.10 Å². The number of nitrogens with one attached hydrogen (secondary N) is 2. The van der Waals surface area contributed by atoms with E-state index < -0.39 is 6.04 Å². The Balaban J connectivity index is 1.24. The molecule has 164 valence electrons. The molecule has 1 aliphatic rings. The van der Waals surface area contributed by atoms with E-state index >= 15 is 0 Å². The van der Waals surface area contributed by atoms with E-state index in [1.54, 1.807) is 24.3 Å². The van der Waals surface area contributed by atoms with Gasteiger partial charge < -0.3 is 10.1 Å². The molecule has 3 aromatic carbocycles. The second-order valence-electron chi connectivity index (χ2n) is 7.77. The van der Waals surface area contributed by atoms with E-state index in [4.69, 9.17) is 4.74 Å². The molecule has 2 N–H and O–H groups in total. The highest BCUT2D eigenvalue weighted by Gasteiger charge is 2.35. The van der Waals surface area contributed by atoms with Crippen molar-refractivity contribution in [2.45, 2.75) is 19.4 Å². The predicted molar refractivity (Wildman–Crippen MR) is 124 cm³/mol. The minimum absolute atomic E-state index is 0.0577. The van der Waals surface area contributed by atoms with Crippen LogP contribution in [0.1, 0.15) is 18.0 Å². The molecule has 0 fully saturated rings. The summed E-state index contributed by atoms with van der Waals surface area (Å²) in [7, 11) is 0. The number of ether oxygens (including phenoxy) is 1. The number of hydrogen-bond donors (Lipinski definition) is 2. The number of carbonyl (C=O) groups excluding carboxylic acids is 2. The van der Waals surface area contributed by atoms with E-state index in [9.17, 15) is 9.59 Å². The number of benzene rings is 3. The van der Waals surface area contributed by atoms with Crippen molar-refractivity contribution in [1.82, 2.24) is 14.8 Å². The molecule has 2 amide bonds. The number of aryl methyl sites for hydroxylation is 1. The van der Waals surface area contributed by atoms with Crippen LogP contribution < -0.4 is 15.4 Å². The lowest BCUT2D eigenvalue weighted by Crippen LogP contribution is -2.23. The predicted octanol–water partition coefficient (Wildman–Crippen LogP) is 4.57. The first-order valence-corrected chi connectivity index (χ1v) is 10.5. The van der Waals surface area contributed by atoms with Gasteiger partial charge in [-0.05, 0) is 43.3 Å². The standard InChI is InChI=1S/C25H21N5O3/c1-16-7-9-17(10-8-16)23-27-25-28-24(32)21(30(25)29-23)15-22(31)26-18-11-13-20(14-12-18)33-19-5-3-2-4-6-19/h2-14,21H,15H2,1H3,(H,26,31)(H,27,28,29,32)/t21-/m1/s1. The van der Waals surface area contributed by atoms with E-state index in [1.165, 1.54) is 4.68 Å². The van der Waals surface area contributed by atoms with Crippen LogP contribution in [-0.2, 0) is 9.59 Å². The van der Waals surface area contributed by atoms with Crippen molar-refractivity contribution in [3.8, 4) is 22.9 Å². The summed E-state index contributed by atoms with van der Waals surface area (Å²) in [4.78, 5) is 29.4. The van der Waals surface area contributed by atoms with Gasteiger partial charge in [-0.3, -0.25) is 14.9 Å². The van der Waals surface area contributed by atoms with Crippen molar-refractivity contribution in [2.24, 2.45) is 0 Å². The van der Waals surface area contributed by atoms with Crippen LogP contribution >= 0.6 is 0 Å². The fourth-order valence-corrected chi connectivity index (χ4v) is 3.55. The van der Waals surface area contributed by atoms with Crippen LogP contribution in [0.3, 0.4) is 0 Å². The maximum absolute atomic E-state index is 12.6. The van der Waals surface area contributed by atoms with Gasteiger partial charge in [-0.2, -0.15) is 4.98 Å². The van der Waals surface area contributed by atoms with Crippen molar-refractivity contribution in [3.05, 3.63) is 84.4 Å². The fraction of sp³-hybridized carbons (Fsp3) is 0.120. The molecule has 33 heavy (non-hydrogen) atoms. The largest absolute Gasteiger partial charge is 0.457 e. The molecule has 0 spiro atoms. The molecule has 1 atom stereocenters. The van der Waals surface area contributed by atoms with Gasteiger partial charge in [0.15, 0.2) is 5.82 Å². The third kappa shape index (κ3) is 4.45. The molecule has 2 heterocycles. The Hall–Kier alpha value is -4.46. The van der Waals surface area contributed by atoms with Crippen molar-refractivity contribution in [3.63, 3.8) is 0 Å². The van der Waals surface area contributed by atoms with E-state index in [-0.39, 0.29) is 18.2 Å². The van der Waals surface area contributed by atoms with Crippen molar-refractivity contribution < 1.29 is 14.3 Å². The van der Waals surface area contributed by atoms with Crippen LogP contribution in [-0.4, -0.2) is 26.6 Å². The quantitative estimate of drug-likeness (QED) is 0.459. The lowest BCUT2D eigenvalue weighted by molar-refractivity contribution is -0.123. The summed E-state index contributed by atoms with van der Waals surface area (Å²) < 4.78 is 7.24. The lowest BCUT2D eigenvalue weighted by atomic mass is 10.1. The molecule has 0 saturated heterocycles. The normalized spacial score (nSPS) is 14.5. The maximum Gasteiger partial charge on any atom is 0.252 e. The number of nitrogens with zero attached hydrogens (tertiary/aromatic N) is 3. The first-order chi connectivity index (χ1) is 16.0. The average Bonchev–Trinajstić information content (AvgIpc) is 3.35. The first-order valence-electron chi connectivity index (χ1n) is 10.5. The Morgan fingerprint density at radius 2 is 1.70 bits per heavy atom. The lowest BCUT2D eigenvalue weighted by Gasteiger charge is -2.11. The Labute approximate surface area is 190 Å². The van der Waals surface area contributed by atoms with E-state index in [0.29, 0.717) is 23.2 Å². The molecule has 8 nitrogen and oxygen atoms in total. The topological polar surface area (TPSA) is 98.1 Å². The zero-order valence-electron chi connectivity index (χ0n) is 17.9. The van der Waals surface area contributed by atoms with E-state index in [2.05, 4.69) is 20.7 Å². The Kier molecular flexibility index (Phi) is 5.32. The summed E-state index contributed by atoms with van der Waals surface area (Å²) in [6.07, 6.45) is -0.0577. The van der Waals surface area contributed by atoms with Crippen molar-refractivity contribution in [1.29, 1.82) is 0 Å². The van der Waals surface area contributed by atoms with Crippen molar-refractivity contribution in [2.75, 3.05) is 10.6 Å². The molecule has 0 unspecified atom stereocenters. The van der Waals surface area contributed by atoms with Gasteiger partial charge in [-0.1, -0.05) is 48.0 Å². The van der Waals surface area contributed by atoms with Gasteiger partial charge in [-0.25, -0.2) is 4.68 Å². The smallest absolute Gasteiger partial charge is 0.252 e. The molecular formula is C25H21N5O3. The van der Waals surface area contributed by atoms with Crippen LogP contribution in [0.5, 0.6) is 11.5 Å². The summed E-state index contributed by atoms with van der Waals surface area (Å²) >= 11 is 0. The van der Waals surface area contributed by atoms with Gasteiger partial charge in [0.25, 0.3) is 5.91 Å². The highest BCUT2D eigenvalue weighted by atomic mass is 16.5. The number of anilines is 2. The van der Waals surface area contributed by atoms with E-state index in [0.717, 1.165) is 16.9 Å². The minimum atomic E-state index is -0.757. The zero-order chi connectivity index (χ0) is 22.8. The van der Waals surface area contributed by atoms with Crippen LogP contribution in [0.25, 0.3) is 11.4 Å². The van der Waals surface area contributed by atoms with Gasteiger partial charge in [0.2, 0.25) is 11.9 Å². The number of fused-ring (bicyclic) bond motifs is 1. The molecule has 0 aliphatic carbocycles. The molecular weight excluding hydrogens is 418 g/mol. The number of carbonyl (C=O) groups is 2. The summed E-state index contributed by atoms with van der Waals surface area (Å²) in [6, 6.07) is 23.5. The number of hydrogen-bond acceptors (Lipinski definition) is 5. The Morgan fingerprint density at radius 1 is 1.00 bits per heavy atom. The molecule has 0 radical (unpaired) electrons. The third-order valence-corrected chi connectivity index (χ3v) is 5.27. The van der Waals surface area contributed by atoms with Crippen LogP contribution in [0, 0.1) is 6.92 Å². The second-order valence-corrected chi connectivity index (χ2v) is 7.77. The molecule has 5 rings (SSSR count). The Bertz CT molecular complexity index is 1300. The number of rotatable bonds is 6. The van der Waals surface area contributed by atoms with Gasteiger partial charge in [0, 0.05) is 11.3 Å². The molecule has 4 aromatic rings. The number of amides is 2. The fourth-order valence-electron chi connectivity index (χ4n) is 3.55. The molecule has 0 bridgehead atoms. The number of aromatic nitrogens is 3. The second kappa shape index (κ2) is 8.58. The van der Waals surface area contributed by atoms with Crippen molar-refractivity contribution >= 4 is 23.5 Å². The first kappa shape index (κ1) is 20.4. The molecule has 0 saturated carbocycles. The third-order valence-electron chi connectivity index (χ3n) is 5.27. The van der Waals surface area contributed by atoms with E-state index in [1.807, 2.05) is 61.5 Å². The number of para-hydroxylation sites is 1. The molecule has 1 aliphatic heterocycles. The zero-order valence-corrected chi connectivity index (χ0v) is 17.9. The monoisotopic (exact) mass is 439 g/mol. The Morgan fingerprint density at radius 3 is 2.42 bits per heavy atom. The minimum Gasteiger partial charge on any atom is -0.457 e. The van der Waals surface area contributed by atoms with Gasteiger partial charge in [0.05, 0.1) is 6.42 Å². The molecule has 1 aromatic heterocycles. The summed E-state index contributed by atoms with van der Waals surface area (Å²) in [6.45, 7) is 2.00. The van der Waals surface area contributed by atoms with Gasteiger partial charge >= 0.3 is 0 Å². The van der Waals surface area contributed by atoms with Gasteiger partial charge in [0.1, 0.15) is 17.5 Å². The maximum atomic E-state index is 12.6. The van der Waals surface area contributed by atoms with Crippen LogP contribution in [0.2, 0.25) is 0 Å². The van der Waals surface area contributed by atoms with Crippen LogP contribution in [0.4, 0.5) is 11.6 Å². The molecule has 8 heteroatoms.